The quantitative estimate of drug-likeness (QED) is 0.574. The van der Waals surface area contributed by atoms with Crippen molar-refractivity contribution in [3.8, 4) is 17.2 Å². The van der Waals surface area contributed by atoms with E-state index < -0.39 is 17.4 Å². The lowest BCUT2D eigenvalue weighted by atomic mass is 9.74. The van der Waals surface area contributed by atoms with Gasteiger partial charge in [0.25, 0.3) is 0 Å². The number of ether oxygens (including phenoxy) is 6. The number of hydrogen-bond donors (Lipinski definition) is 0. The Morgan fingerprint density at radius 3 is 1.06 bits per heavy atom. The summed E-state index contributed by atoms with van der Waals surface area (Å²) in [4.78, 5) is 0. The molecule has 33 heavy (non-hydrogen) atoms. The number of rotatable bonds is 0. The van der Waals surface area contributed by atoms with E-state index in [0.29, 0.717) is 35.5 Å². The molecule has 0 saturated carbocycles. The summed E-state index contributed by atoms with van der Waals surface area (Å²) in [5, 5.41) is 0. The maximum atomic E-state index is 6.80. The lowest BCUT2D eigenvalue weighted by molar-refractivity contribution is -0.181. The van der Waals surface area contributed by atoms with E-state index in [1.165, 1.54) is 16.7 Å². The van der Waals surface area contributed by atoms with Crippen LogP contribution in [0, 0.1) is 35.5 Å². The van der Waals surface area contributed by atoms with Crippen LogP contribution in [0.3, 0.4) is 0 Å². The molecule has 3 fully saturated rings. The largest absolute Gasteiger partial charge is 0.461 e. The summed E-state index contributed by atoms with van der Waals surface area (Å²) in [5.74, 6) is 3.16. The van der Waals surface area contributed by atoms with E-state index in [1.54, 1.807) is 0 Å². The Kier molecular flexibility index (Phi) is 4.03. The van der Waals surface area contributed by atoms with Gasteiger partial charge >= 0.3 is 0 Å². The molecule has 0 aromatic heterocycles. The smallest absolute Gasteiger partial charge is 0.211 e. The zero-order valence-corrected chi connectivity index (χ0v) is 20.7. The van der Waals surface area contributed by atoms with E-state index in [1.807, 2.05) is 0 Å². The maximum Gasteiger partial charge on any atom is 0.211 e. The van der Waals surface area contributed by atoms with Gasteiger partial charge in [0.1, 0.15) is 17.2 Å². The van der Waals surface area contributed by atoms with Gasteiger partial charge in [0, 0.05) is 55.2 Å². The van der Waals surface area contributed by atoms with E-state index in [0.717, 1.165) is 56.3 Å². The highest BCUT2D eigenvalue weighted by Crippen LogP contribution is 2.60. The third-order valence-electron chi connectivity index (χ3n) is 9.81. The molecule has 6 heterocycles. The van der Waals surface area contributed by atoms with Gasteiger partial charge < -0.3 is 28.4 Å². The zero-order valence-electron chi connectivity index (χ0n) is 20.7. The van der Waals surface area contributed by atoms with Crippen molar-refractivity contribution >= 4 is 0 Å². The van der Waals surface area contributed by atoms with Gasteiger partial charge in [0.15, 0.2) is 0 Å². The zero-order chi connectivity index (χ0) is 22.9. The fourth-order valence-electron chi connectivity index (χ4n) is 7.64. The van der Waals surface area contributed by atoms with E-state index in [9.17, 15) is 0 Å². The van der Waals surface area contributed by atoms with E-state index in [-0.39, 0.29) is 0 Å². The SMILES string of the molecule is C[C@H]1CO[C@]2(C)Oc3c4c(c5c(c3CC12)O[C@@]1(C)OC[C@H](C)[C@H]1C5)O[C@@]1(C)OC[C@H](C)[C@H]1C4. The highest BCUT2D eigenvalue weighted by molar-refractivity contribution is 5.66. The molecule has 3 saturated heterocycles. The van der Waals surface area contributed by atoms with Crippen LogP contribution in [-0.4, -0.2) is 37.2 Å². The van der Waals surface area contributed by atoms with Crippen LogP contribution < -0.4 is 14.2 Å². The van der Waals surface area contributed by atoms with Gasteiger partial charge in [-0.1, -0.05) is 20.8 Å². The molecule has 0 spiro atoms. The molecule has 9 atom stereocenters. The fraction of sp³-hybridized carbons (Fsp3) is 0.778. The Hall–Kier alpha value is -1.50. The molecule has 6 nitrogen and oxygen atoms in total. The lowest BCUT2D eigenvalue weighted by Gasteiger charge is -2.47. The van der Waals surface area contributed by atoms with Crippen LogP contribution in [-0.2, 0) is 33.5 Å². The van der Waals surface area contributed by atoms with Gasteiger partial charge in [-0.2, -0.15) is 0 Å². The molecule has 180 valence electrons. The van der Waals surface area contributed by atoms with Crippen LogP contribution in [0.25, 0.3) is 0 Å². The average Bonchev–Trinajstić information content (AvgIpc) is 3.35. The molecule has 0 amide bonds. The van der Waals surface area contributed by atoms with Crippen molar-refractivity contribution in [2.75, 3.05) is 19.8 Å². The summed E-state index contributed by atoms with van der Waals surface area (Å²) in [6.07, 6.45) is 2.69. The van der Waals surface area contributed by atoms with Crippen LogP contribution in [0.5, 0.6) is 17.2 Å². The van der Waals surface area contributed by atoms with E-state index in [2.05, 4.69) is 41.5 Å². The predicted octanol–water partition coefficient (Wildman–Crippen LogP) is 4.49. The van der Waals surface area contributed by atoms with Crippen molar-refractivity contribution in [3.05, 3.63) is 16.7 Å². The Balaban J connectivity index is 1.44. The van der Waals surface area contributed by atoms with Gasteiger partial charge in [0.05, 0.1) is 19.8 Å². The van der Waals surface area contributed by atoms with Crippen molar-refractivity contribution in [3.63, 3.8) is 0 Å². The minimum atomic E-state index is -0.605. The van der Waals surface area contributed by atoms with Crippen molar-refractivity contribution in [2.24, 2.45) is 35.5 Å². The monoisotopic (exact) mass is 456 g/mol. The van der Waals surface area contributed by atoms with Crippen molar-refractivity contribution in [1.29, 1.82) is 0 Å². The molecular weight excluding hydrogens is 420 g/mol. The van der Waals surface area contributed by atoms with Crippen molar-refractivity contribution < 1.29 is 28.4 Å². The normalized spacial score (nSPS) is 48.9. The summed E-state index contributed by atoms with van der Waals surface area (Å²) in [7, 11) is 0. The average molecular weight is 457 g/mol. The highest BCUT2D eigenvalue weighted by atomic mass is 16.7. The molecule has 7 rings (SSSR count). The number of fused-ring (bicyclic) bond motifs is 9. The van der Waals surface area contributed by atoms with Crippen molar-refractivity contribution in [1.82, 2.24) is 0 Å². The Morgan fingerprint density at radius 1 is 0.515 bits per heavy atom. The summed E-state index contributed by atoms with van der Waals surface area (Å²) in [5.41, 5.74) is 3.56. The highest BCUT2D eigenvalue weighted by Gasteiger charge is 2.58. The lowest BCUT2D eigenvalue weighted by Crippen LogP contribution is -2.49. The van der Waals surface area contributed by atoms with E-state index in [4.69, 9.17) is 28.4 Å². The van der Waals surface area contributed by atoms with Crippen LogP contribution in [0.15, 0.2) is 0 Å². The van der Waals surface area contributed by atoms with Crippen LogP contribution in [0.1, 0.15) is 58.2 Å². The first-order valence-corrected chi connectivity index (χ1v) is 12.8. The Morgan fingerprint density at radius 2 is 0.788 bits per heavy atom. The first-order valence-electron chi connectivity index (χ1n) is 12.8. The molecule has 0 aliphatic carbocycles. The summed E-state index contributed by atoms with van der Waals surface area (Å²) < 4.78 is 39.1. The number of hydrogen-bond acceptors (Lipinski definition) is 6. The summed E-state index contributed by atoms with van der Waals surface area (Å²) in [6.45, 7) is 15.3. The van der Waals surface area contributed by atoms with Gasteiger partial charge in [-0.25, -0.2) is 0 Å². The molecular formula is C27H36O6. The second kappa shape index (κ2) is 6.38. The fourth-order valence-corrected chi connectivity index (χ4v) is 7.64. The number of benzene rings is 1. The molecule has 6 heteroatoms. The van der Waals surface area contributed by atoms with Gasteiger partial charge in [-0.15, -0.1) is 0 Å². The van der Waals surface area contributed by atoms with Crippen LogP contribution in [0.2, 0.25) is 0 Å². The topological polar surface area (TPSA) is 55.4 Å². The third-order valence-corrected chi connectivity index (χ3v) is 9.81. The van der Waals surface area contributed by atoms with Crippen LogP contribution >= 0.6 is 0 Å². The molecule has 1 aromatic rings. The van der Waals surface area contributed by atoms with Gasteiger partial charge in [-0.05, 0) is 37.0 Å². The standard InChI is InChI=1S/C27H36O6/c1-13-10-28-25(4)19(13)7-16-22(31-25)17-8-20-14(2)12-30-27(20,6)33-24(17)18-9-21-15(3)11-29-26(21,5)32-23(16)18/h13-15,19-21H,7-12H2,1-6H3/t13-,14-,15-,19+,20+,21?,25+,26+,27+/m0/s1. The third kappa shape index (κ3) is 2.61. The second-order valence-corrected chi connectivity index (χ2v) is 12.1. The first kappa shape index (κ1) is 20.8. The summed E-state index contributed by atoms with van der Waals surface area (Å²) in [6, 6.07) is 0. The maximum absolute atomic E-state index is 6.80. The first-order chi connectivity index (χ1) is 15.6. The van der Waals surface area contributed by atoms with Gasteiger partial charge in [-0.3, -0.25) is 0 Å². The molecule has 0 N–H and O–H groups in total. The minimum absolute atomic E-state index is 0.299. The predicted molar refractivity (Wildman–Crippen MR) is 120 cm³/mol. The van der Waals surface area contributed by atoms with Crippen molar-refractivity contribution in [2.45, 2.75) is 78.2 Å². The molecule has 6 aliphatic heterocycles. The van der Waals surface area contributed by atoms with Gasteiger partial charge in [0.2, 0.25) is 17.4 Å². The molecule has 1 aromatic carbocycles. The van der Waals surface area contributed by atoms with Crippen LogP contribution in [0.4, 0.5) is 0 Å². The second-order valence-electron chi connectivity index (χ2n) is 12.1. The van der Waals surface area contributed by atoms with E-state index >= 15 is 0 Å². The Bertz CT molecular complexity index is 888. The molecule has 1 unspecified atom stereocenters. The molecule has 6 aliphatic rings. The Labute approximate surface area is 196 Å². The summed E-state index contributed by atoms with van der Waals surface area (Å²) >= 11 is 0. The molecule has 0 radical (unpaired) electrons. The molecule has 0 bridgehead atoms. The minimum Gasteiger partial charge on any atom is -0.461 e.